The van der Waals surface area contributed by atoms with Crippen molar-refractivity contribution in [2.24, 2.45) is 4.99 Å². The van der Waals surface area contributed by atoms with Gasteiger partial charge in [-0.3, -0.25) is 4.99 Å². The van der Waals surface area contributed by atoms with Crippen LogP contribution in [0.1, 0.15) is 31.9 Å². The van der Waals surface area contributed by atoms with Crippen LogP contribution in [0.3, 0.4) is 0 Å². The van der Waals surface area contributed by atoms with E-state index in [0.717, 1.165) is 24.7 Å². The number of furan rings is 1. The summed E-state index contributed by atoms with van der Waals surface area (Å²) in [5, 5.41) is 6.99. The standard InChI is InChI=1S/C18H32N4O2.HI/c1-3-11-22-12-7-16(8-13-22)21-18(20-10-15-23-2)19-9-6-17-5-4-14-24-17;/h4-5,14,16H,3,6-13,15H2,1-2H3,(H2,19,20,21);1H. The molecule has 0 amide bonds. The van der Waals surface area contributed by atoms with Crippen LogP contribution >= 0.6 is 24.0 Å². The lowest BCUT2D eigenvalue weighted by atomic mass is 10.1. The zero-order chi connectivity index (χ0) is 17.0. The van der Waals surface area contributed by atoms with E-state index in [0.29, 0.717) is 19.2 Å². The molecule has 0 spiro atoms. The molecule has 0 radical (unpaired) electrons. The maximum Gasteiger partial charge on any atom is 0.191 e. The minimum Gasteiger partial charge on any atom is -0.469 e. The number of hydrogen-bond donors (Lipinski definition) is 2. The molecular weight excluding hydrogens is 431 g/mol. The maximum atomic E-state index is 5.37. The summed E-state index contributed by atoms with van der Waals surface area (Å²) in [5.74, 6) is 1.87. The quantitative estimate of drug-likeness (QED) is 0.255. The maximum absolute atomic E-state index is 5.37. The molecule has 1 saturated heterocycles. The molecule has 6 nitrogen and oxygen atoms in total. The van der Waals surface area contributed by atoms with Crippen molar-refractivity contribution in [1.82, 2.24) is 15.5 Å². The number of methoxy groups -OCH3 is 1. The Labute approximate surface area is 168 Å². The Kier molecular flexibility index (Phi) is 11.9. The Morgan fingerprint density at radius 2 is 2.20 bits per heavy atom. The van der Waals surface area contributed by atoms with E-state index < -0.39 is 0 Å². The molecule has 144 valence electrons. The van der Waals surface area contributed by atoms with Gasteiger partial charge >= 0.3 is 0 Å². The normalized spacial score (nSPS) is 16.5. The third-order valence-electron chi connectivity index (χ3n) is 4.28. The highest BCUT2D eigenvalue weighted by Gasteiger charge is 2.19. The second kappa shape index (κ2) is 13.4. The van der Waals surface area contributed by atoms with Crippen molar-refractivity contribution in [3.63, 3.8) is 0 Å². The monoisotopic (exact) mass is 464 g/mol. The zero-order valence-corrected chi connectivity index (χ0v) is 17.8. The van der Waals surface area contributed by atoms with Crippen LogP contribution in [0.4, 0.5) is 0 Å². The molecule has 0 saturated carbocycles. The van der Waals surface area contributed by atoms with E-state index >= 15 is 0 Å². The largest absolute Gasteiger partial charge is 0.469 e. The lowest BCUT2D eigenvalue weighted by Crippen LogP contribution is -2.49. The summed E-state index contributed by atoms with van der Waals surface area (Å²) in [6, 6.07) is 4.42. The number of ether oxygens (including phenoxy) is 1. The number of rotatable bonds is 9. The van der Waals surface area contributed by atoms with Gasteiger partial charge in [0.05, 0.1) is 19.4 Å². The summed E-state index contributed by atoms with van der Waals surface area (Å²) in [7, 11) is 1.70. The zero-order valence-electron chi connectivity index (χ0n) is 15.5. The Hall–Kier alpha value is -0.800. The molecule has 1 fully saturated rings. The second-order valence-electron chi connectivity index (χ2n) is 6.24. The van der Waals surface area contributed by atoms with Crippen LogP contribution in [0.25, 0.3) is 0 Å². The fraction of sp³-hybridized carbons (Fsp3) is 0.722. The molecule has 7 heteroatoms. The van der Waals surface area contributed by atoms with E-state index in [-0.39, 0.29) is 24.0 Å². The van der Waals surface area contributed by atoms with Crippen molar-refractivity contribution in [2.45, 2.75) is 38.6 Å². The average molecular weight is 464 g/mol. The van der Waals surface area contributed by atoms with Gasteiger partial charge in [0, 0.05) is 39.2 Å². The predicted octanol–water partition coefficient (Wildman–Crippen LogP) is 2.50. The highest BCUT2D eigenvalue weighted by Crippen LogP contribution is 2.10. The topological polar surface area (TPSA) is 62.0 Å². The highest BCUT2D eigenvalue weighted by molar-refractivity contribution is 14.0. The van der Waals surface area contributed by atoms with Crippen molar-refractivity contribution in [2.75, 3.05) is 46.4 Å². The molecule has 0 bridgehead atoms. The summed E-state index contributed by atoms with van der Waals surface area (Å²) in [6.45, 7) is 7.91. The number of likely N-dealkylation sites (tertiary alicyclic amines) is 1. The Morgan fingerprint density at radius 3 is 2.84 bits per heavy atom. The third kappa shape index (κ3) is 8.91. The molecule has 1 aromatic heterocycles. The van der Waals surface area contributed by atoms with E-state index in [1.165, 1.54) is 38.9 Å². The molecule has 0 aromatic carbocycles. The first-order valence-corrected chi connectivity index (χ1v) is 9.10. The van der Waals surface area contributed by atoms with Gasteiger partial charge in [-0.1, -0.05) is 6.92 Å². The summed E-state index contributed by atoms with van der Waals surface area (Å²) in [4.78, 5) is 7.15. The molecular formula is C18H33IN4O2. The summed E-state index contributed by atoms with van der Waals surface area (Å²) < 4.78 is 10.5. The first-order chi connectivity index (χ1) is 11.8. The fourth-order valence-electron chi connectivity index (χ4n) is 2.97. The number of piperidine rings is 1. The van der Waals surface area contributed by atoms with Crippen LogP contribution in [0.2, 0.25) is 0 Å². The van der Waals surface area contributed by atoms with E-state index in [1.54, 1.807) is 13.4 Å². The number of nitrogens with zero attached hydrogens (tertiary/aromatic N) is 2. The average Bonchev–Trinajstić information content (AvgIpc) is 3.10. The van der Waals surface area contributed by atoms with Gasteiger partial charge in [0.25, 0.3) is 0 Å². The van der Waals surface area contributed by atoms with Crippen molar-refractivity contribution >= 4 is 29.9 Å². The minimum atomic E-state index is 0. The van der Waals surface area contributed by atoms with Crippen LogP contribution in [0.5, 0.6) is 0 Å². The van der Waals surface area contributed by atoms with Gasteiger partial charge in [-0.2, -0.15) is 0 Å². The van der Waals surface area contributed by atoms with Gasteiger partial charge in [-0.15, -0.1) is 24.0 Å². The van der Waals surface area contributed by atoms with Gasteiger partial charge in [-0.05, 0) is 37.9 Å². The molecule has 1 aliphatic heterocycles. The smallest absolute Gasteiger partial charge is 0.191 e. The second-order valence-corrected chi connectivity index (χ2v) is 6.24. The van der Waals surface area contributed by atoms with E-state index in [1.807, 2.05) is 12.1 Å². The molecule has 1 aromatic rings. The van der Waals surface area contributed by atoms with Gasteiger partial charge in [0.2, 0.25) is 0 Å². The molecule has 2 heterocycles. The third-order valence-corrected chi connectivity index (χ3v) is 4.28. The molecule has 1 aliphatic rings. The van der Waals surface area contributed by atoms with Gasteiger partial charge < -0.3 is 24.7 Å². The van der Waals surface area contributed by atoms with E-state index in [4.69, 9.17) is 9.15 Å². The molecule has 0 atom stereocenters. The summed E-state index contributed by atoms with van der Waals surface area (Å²) in [6.07, 6.45) is 6.14. The van der Waals surface area contributed by atoms with Crippen LogP contribution in [-0.4, -0.2) is 63.3 Å². The fourth-order valence-corrected chi connectivity index (χ4v) is 2.97. The Bertz CT molecular complexity index is 460. The first kappa shape index (κ1) is 22.2. The van der Waals surface area contributed by atoms with Crippen LogP contribution in [-0.2, 0) is 11.2 Å². The number of halogens is 1. The number of hydrogen-bond acceptors (Lipinski definition) is 4. The number of aliphatic imine (C=N–C) groups is 1. The first-order valence-electron chi connectivity index (χ1n) is 9.10. The lowest BCUT2D eigenvalue weighted by molar-refractivity contribution is 0.204. The lowest BCUT2D eigenvalue weighted by Gasteiger charge is -2.32. The SMILES string of the molecule is CCCN1CCC(NC(=NCCOC)NCCc2ccco2)CC1.I. The van der Waals surface area contributed by atoms with E-state index in [9.17, 15) is 0 Å². The van der Waals surface area contributed by atoms with Gasteiger partial charge in [-0.25, -0.2) is 0 Å². The van der Waals surface area contributed by atoms with Crippen LogP contribution < -0.4 is 10.6 Å². The number of guanidine groups is 1. The Balaban J connectivity index is 0.00000312. The van der Waals surface area contributed by atoms with Crippen molar-refractivity contribution < 1.29 is 9.15 Å². The van der Waals surface area contributed by atoms with Crippen LogP contribution in [0, 0.1) is 0 Å². The molecule has 0 aliphatic carbocycles. The van der Waals surface area contributed by atoms with Crippen LogP contribution in [0.15, 0.2) is 27.8 Å². The van der Waals surface area contributed by atoms with Gasteiger partial charge in [0.1, 0.15) is 5.76 Å². The Morgan fingerprint density at radius 1 is 1.40 bits per heavy atom. The highest BCUT2D eigenvalue weighted by atomic mass is 127. The molecule has 0 unspecified atom stereocenters. The molecule has 2 N–H and O–H groups in total. The van der Waals surface area contributed by atoms with Gasteiger partial charge in [0.15, 0.2) is 5.96 Å². The summed E-state index contributed by atoms with van der Waals surface area (Å²) in [5.41, 5.74) is 0. The molecule has 2 rings (SSSR count). The summed E-state index contributed by atoms with van der Waals surface area (Å²) >= 11 is 0. The van der Waals surface area contributed by atoms with Crippen molar-refractivity contribution in [1.29, 1.82) is 0 Å². The predicted molar refractivity (Wildman–Crippen MR) is 113 cm³/mol. The molecule has 25 heavy (non-hydrogen) atoms. The minimum absolute atomic E-state index is 0. The number of nitrogens with one attached hydrogen (secondary N) is 2. The van der Waals surface area contributed by atoms with E-state index in [2.05, 4.69) is 27.4 Å². The van der Waals surface area contributed by atoms with Crippen molar-refractivity contribution in [3.05, 3.63) is 24.2 Å². The van der Waals surface area contributed by atoms with Crippen molar-refractivity contribution in [3.8, 4) is 0 Å².